The Bertz CT molecular complexity index is 1110. The summed E-state index contributed by atoms with van der Waals surface area (Å²) in [5.41, 5.74) is -1.29. The number of halogens is 2. The number of carbonyl (C=O) groups is 1. The van der Waals surface area contributed by atoms with E-state index in [2.05, 4.69) is 10.3 Å². The van der Waals surface area contributed by atoms with Crippen molar-refractivity contribution >= 4 is 22.8 Å². The van der Waals surface area contributed by atoms with Crippen LogP contribution < -0.4 is 16.6 Å². The van der Waals surface area contributed by atoms with Gasteiger partial charge >= 0.3 is 5.69 Å². The average molecular weight is 349 g/mol. The molecule has 0 aliphatic heterocycles. The van der Waals surface area contributed by atoms with E-state index in [1.54, 1.807) is 0 Å². The summed E-state index contributed by atoms with van der Waals surface area (Å²) in [6.45, 7) is -0.361. The molecule has 0 aliphatic rings. The first kappa shape index (κ1) is 16.6. The number of benzene rings is 1. The molecule has 0 unspecified atom stereocenters. The summed E-state index contributed by atoms with van der Waals surface area (Å²) in [5, 5.41) is 2.23. The Kier molecular flexibility index (Phi) is 3.95. The molecular formula is C15H13F2N5O3. The van der Waals surface area contributed by atoms with Gasteiger partial charge in [0.2, 0.25) is 5.91 Å². The van der Waals surface area contributed by atoms with Crippen molar-refractivity contribution in [1.82, 2.24) is 18.7 Å². The van der Waals surface area contributed by atoms with Gasteiger partial charge in [-0.15, -0.1) is 0 Å². The average Bonchev–Trinajstić information content (AvgIpc) is 2.98. The number of imidazole rings is 1. The van der Waals surface area contributed by atoms with Crippen LogP contribution in [0.5, 0.6) is 0 Å². The Balaban J connectivity index is 1.96. The second kappa shape index (κ2) is 5.96. The normalized spacial score (nSPS) is 11.0. The molecule has 0 atom stereocenters. The van der Waals surface area contributed by atoms with Crippen LogP contribution in [0, 0.1) is 11.6 Å². The first-order chi connectivity index (χ1) is 11.8. The van der Waals surface area contributed by atoms with Crippen LogP contribution in [0.2, 0.25) is 0 Å². The highest BCUT2D eigenvalue weighted by molar-refractivity contribution is 5.91. The zero-order chi connectivity index (χ0) is 18.3. The first-order valence-corrected chi connectivity index (χ1v) is 7.15. The Morgan fingerprint density at radius 1 is 1.20 bits per heavy atom. The summed E-state index contributed by atoms with van der Waals surface area (Å²) in [5.74, 6) is -2.17. The van der Waals surface area contributed by atoms with Crippen LogP contribution in [0.4, 0.5) is 14.5 Å². The predicted molar refractivity (Wildman–Crippen MR) is 85.2 cm³/mol. The lowest BCUT2D eigenvalue weighted by molar-refractivity contribution is -0.116. The molecule has 3 aromatic rings. The van der Waals surface area contributed by atoms with E-state index in [9.17, 15) is 23.2 Å². The molecule has 1 aromatic carbocycles. The SMILES string of the molecule is Cn1c(=O)c2c(ncn2CC(=O)Nc2cc(F)ccc2F)n(C)c1=O. The van der Waals surface area contributed by atoms with Gasteiger partial charge in [0, 0.05) is 20.2 Å². The maximum Gasteiger partial charge on any atom is 0.332 e. The number of hydrogen-bond acceptors (Lipinski definition) is 4. The van der Waals surface area contributed by atoms with E-state index >= 15 is 0 Å². The van der Waals surface area contributed by atoms with E-state index in [1.165, 1.54) is 29.6 Å². The smallest absolute Gasteiger partial charge is 0.322 e. The number of hydrogen-bond donors (Lipinski definition) is 1. The minimum absolute atomic E-state index is 0.0551. The van der Waals surface area contributed by atoms with Crippen molar-refractivity contribution in [3.05, 3.63) is 57.0 Å². The van der Waals surface area contributed by atoms with E-state index in [-0.39, 0.29) is 23.4 Å². The maximum atomic E-state index is 13.6. The number of aryl methyl sites for hydroxylation is 1. The van der Waals surface area contributed by atoms with Gasteiger partial charge in [-0.1, -0.05) is 0 Å². The number of rotatable bonds is 3. The van der Waals surface area contributed by atoms with E-state index in [1.807, 2.05) is 0 Å². The number of carbonyl (C=O) groups excluding carboxylic acids is 1. The predicted octanol–water partition coefficient (Wildman–Crippen LogP) is 0.351. The number of fused-ring (bicyclic) bond motifs is 1. The minimum atomic E-state index is -0.788. The fourth-order valence-corrected chi connectivity index (χ4v) is 2.45. The number of anilines is 1. The number of nitrogens with one attached hydrogen (secondary N) is 1. The second-order valence-electron chi connectivity index (χ2n) is 5.42. The fourth-order valence-electron chi connectivity index (χ4n) is 2.45. The van der Waals surface area contributed by atoms with Gasteiger partial charge in [0.1, 0.15) is 18.2 Å². The van der Waals surface area contributed by atoms with Crippen LogP contribution in [-0.2, 0) is 25.4 Å². The highest BCUT2D eigenvalue weighted by Crippen LogP contribution is 2.15. The van der Waals surface area contributed by atoms with Crippen molar-refractivity contribution in [3.63, 3.8) is 0 Å². The maximum absolute atomic E-state index is 13.6. The Morgan fingerprint density at radius 3 is 2.64 bits per heavy atom. The molecule has 3 rings (SSSR count). The van der Waals surface area contributed by atoms with Crippen molar-refractivity contribution in [2.75, 3.05) is 5.32 Å². The summed E-state index contributed by atoms with van der Waals surface area (Å²) in [4.78, 5) is 40.2. The molecule has 0 spiro atoms. The largest absolute Gasteiger partial charge is 0.332 e. The van der Waals surface area contributed by atoms with Crippen LogP contribution in [0.1, 0.15) is 0 Å². The third-order valence-corrected chi connectivity index (χ3v) is 3.73. The van der Waals surface area contributed by atoms with Crippen molar-refractivity contribution in [2.24, 2.45) is 14.1 Å². The minimum Gasteiger partial charge on any atom is -0.322 e. The lowest BCUT2D eigenvalue weighted by Crippen LogP contribution is -2.37. The Morgan fingerprint density at radius 2 is 1.92 bits per heavy atom. The molecule has 25 heavy (non-hydrogen) atoms. The molecule has 0 aliphatic carbocycles. The van der Waals surface area contributed by atoms with Crippen LogP contribution in [0.3, 0.4) is 0 Å². The highest BCUT2D eigenvalue weighted by Gasteiger charge is 2.16. The van der Waals surface area contributed by atoms with Gasteiger partial charge in [0.15, 0.2) is 11.2 Å². The molecule has 0 fully saturated rings. The Labute approximate surface area is 138 Å². The van der Waals surface area contributed by atoms with Gasteiger partial charge in [-0.2, -0.15) is 0 Å². The van der Waals surface area contributed by atoms with Gasteiger partial charge in [-0.3, -0.25) is 18.7 Å². The molecule has 2 heterocycles. The summed E-state index contributed by atoms with van der Waals surface area (Å²) >= 11 is 0. The van der Waals surface area contributed by atoms with Crippen molar-refractivity contribution in [1.29, 1.82) is 0 Å². The van der Waals surface area contributed by atoms with Crippen LogP contribution in [0.25, 0.3) is 11.2 Å². The molecule has 1 amide bonds. The van der Waals surface area contributed by atoms with Crippen molar-refractivity contribution < 1.29 is 13.6 Å². The van der Waals surface area contributed by atoms with E-state index in [0.717, 1.165) is 22.8 Å². The van der Waals surface area contributed by atoms with Crippen LogP contribution in [-0.4, -0.2) is 24.6 Å². The monoisotopic (exact) mass is 349 g/mol. The van der Waals surface area contributed by atoms with Crippen molar-refractivity contribution in [3.8, 4) is 0 Å². The lowest BCUT2D eigenvalue weighted by Gasteiger charge is -2.08. The second-order valence-corrected chi connectivity index (χ2v) is 5.42. The summed E-state index contributed by atoms with van der Waals surface area (Å²) < 4.78 is 30.0. The molecule has 0 bridgehead atoms. The molecule has 0 saturated heterocycles. The highest BCUT2D eigenvalue weighted by atomic mass is 19.1. The Hall–Kier alpha value is -3.30. The molecule has 2 aromatic heterocycles. The van der Waals surface area contributed by atoms with Gasteiger partial charge in [0.05, 0.1) is 12.0 Å². The number of nitrogens with zero attached hydrogens (tertiary/aromatic N) is 4. The molecular weight excluding hydrogens is 336 g/mol. The summed E-state index contributed by atoms with van der Waals surface area (Å²) in [7, 11) is 2.76. The lowest BCUT2D eigenvalue weighted by atomic mass is 10.3. The van der Waals surface area contributed by atoms with Crippen molar-refractivity contribution in [2.45, 2.75) is 6.54 Å². The van der Waals surface area contributed by atoms with E-state index < -0.39 is 28.8 Å². The molecule has 130 valence electrons. The number of aromatic nitrogens is 4. The van der Waals surface area contributed by atoms with Gasteiger partial charge in [0.25, 0.3) is 5.56 Å². The molecule has 8 nitrogen and oxygen atoms in total. The van der Waals surface area contributed by atoms with Gasteiger partial charge < -0.3 is 9.88 Å². The topological polar surface area (TPSA) is 90.9 Å². The number of amides is 1. The molecule has 0 saturated carbocycles. The quantitative estimate of drug-likeness (QED) is 0.739. The van der Waals surface area contributed by atoms with E-state index in [4.69, 9.17) is 0 Å². The van der Waals surface area contributed by atoms with E-state index in [0.29, 0.717) is 0 Å². The van der Waals surface area contributed by atoms with Crippen LogP contribution >= 0.6 is 0 Å². The summed E-state index contributed by atoms with van der Waals surface area (Å²) in [6, 6.07) is 2.67. The van der Waals surface area contributed by atoms with Crippen LogP contribution in [0.15, 0.2) is 34.1 Å². The summed E-state index contributed by atoms with van der Waals surface area (Å²) in [6.07, 6.45) is 1.23. The molecule has 1 N–H and O–H groups in total. The fraction of sp³-hybridized carbons (Fsp3) is 0.200. The third kappa shape index (κ3) is 2.82. The third-order valence-electron chi connectivity index (χ3n) is 3.73. The first-order valence-electron chi connectivity index (χ1n) is 7.15. The van der Waals surface area contributed by atoms with Gasteiger partial charge in [-0.05, 0) is 12.1 Å². The van der Waals surface area contributed by atoms with Gasteiger partial charge in [-0.25, -0.2) is 18.6 Å². The standard InChI is InChI=1S/C15H13F2N5O3/c1-20-13-12(14(24)21(2)15(20)25)22(7-18-13)6-11(23)19-10-5-8(16)3-4-9(10)17/h3-5,7H,6H2,1-2H3,(H,19,23). The molecule has 10 heteroatoms. The zero-order valence-electron chi connectivity index (χ0n) is 13.3. The zero-order valence-corrected chi connectivity index (χ0v) is 13.3. The molecule has 0 radical (unpaired) electrons.